The Labute approximate surface area is 79.1 Å². The third-order valence-corrected chi connectivity index (χ3v) is 3.41. The van der Waals surface area contributed by atoms with Crippen LogP contribution in [-0.4, -0.2) is 35.3 Å². The van der Waals surface area contributed by atoms with Crippen molar-refractivity contribution in [1.29, 1.82) is 0 Å². The molecule has 2 atom stereocenters. The summed E-state index contributed by atoms with van der Waals surface area (Å²) < 4.78 is 0. The first-order valence-electron chi connectivity index (χ1n) is 4.77. The Morgan fingerprint density at radius 3 is 3.08 bits per heavy atom. The minimum atomic E-state index is 0.325. The molecular formula is C9H19NOS. The molecule has 0 amide bonds. The third-order valence-electron chi connectivity index (χ3n) is 2.25. The quantitative estimate of drug-likeness (QED) is 0.682. The molecule has 0 bridgehead atoms. The molecule has 0 spiro atoms. The predicted molar refractivity (Wildman–Crippen MR) is 54.6 cm³/mol. The van der Waals surface area contributed by atoms with Crippen molar-refractivity contribution in [1.82, 2.24) is 5.32 Å². The van der Waals surface area contributed by atoms with Gasteiger partial charge in [-0.2, -0.15) is 11.8 Å². The van der Waals surface area contributed by atoms with E-state index in [0.717, 1.165) is 18.9 Å². The van der Waals surface area contributed by atoms with Gasteiger partial charge in [0.1, 0.15) is 0 Å². The van der Waals surface area contributed by atoms with E-state index in [1.165, 1.54) is 17.9 Å². The number of thioether (sulfide) groups is 1. The van der Waals surface area contributed by atoms with Gasteiger partial charge >= 0.3 is 0 Å². The number of aliphatic hydroxyl groups is 1. The van der Waals surface area contributed by atoms with Crippen LogP contribution in [0.1, 0.15) is 26.2 Å². The van der Waals surface area contributed by atoms with Crippen molar-refractivity contribution < 1.29 is 5.11 Å². The summed E-state index contributed by atoms with van der Waals surface area (Å²) in [5.74, 6) is 2.58. The van der Waals surface area contributed by atoms with Gasteiger partial charge in [0.05, 0.1) is 0 Å². The molecule has 1 heterocycles. The van der Waals surface area contributed by atoms with Gasteiger partial charge in [0.25, 0.3) is 0 Å². The lowest BCUT2D eigenvalue weighted by atomic mass is 10.1. The summed E-state index contributed by atoms with van der Waals surface area (Å²) in [6, 6.07) is 1.30. The number of aliphatic hydroxyl groups excluding tert-OH is 1. The van der Waals surface area contributed by atoms with Crippen LogP contribution in [0.5, 0.6) is 0 Å². The second-order valence-electron chi connectivity index (χ2n) is 3.49. The molecule has 2 nitrogen and oxygen atoms in total. The van der Waals surface area contributed by atoms with Crippen LogP contribution in [-0.2, 0) is 0 Å². The van der Waals surface area contributed by atoms with Gasteiger partial charge in [-0.05, 0) is 31.9 Å². The fourth-order valence-electron chi connectivity index (χ4n) is 1.55. The van der Waals surface area contributed by atoms with Crippen LogP contribution in [0.15, 0.2) is 0 Å². The lowest BCUT2D eigenvalue weighted by Gasteiger charge is -2.17. The molecule has 12 heavy (non-hydrogen) atoms. The lowest BCUT2D eigenvalue weighted by molar-refractivity contribution is 0.274. The molecule has 0 aromatic heterocycles. The van der Waals surface area contributed by atoms with Crippen LogP contribution in [0, 0.1) is 0 Å². The van der Waals surface area contributed by atoms with E-state index in [4.69, 9.17) is 5.11 Å². The summed E-state index contributed by atoms with van der Waals surface area (Å²) in [7, 11) is 0. The van der Waals surface area contributed by atoms with E-state index in [1.807, 2.05) is 11.8 Å². The summed E-state index contributed by atoms with van der Waals surface area (Å²) in [6.07, 6.45) is 3.33. The van der Waals surface area contributed by atoms with Crippen molar-refractivity contribution in [3.8, 4) is 0 Å². The van der Waals surface area contributed by atoms with Crippen LogP contribution < -0.4 is 5.32 Å². The van der Waals surface area contributed by atoms with E-state index in [9.17, 15) is 0 Å². The zero-order chi connectivity index (χ0) is 8.81. The molecule has 0 aromatic rings. The molecule has 3 heteroatoms. The van der Waals surface area contributed by atoms with Crippen molar-refractivity contribution in [2.24, 2.45) is 0 Å². The van der Waals surface area contributed by atoms with E-state index in [-0.39, 0.29) is 0 Å². The fourth-order valence-corrected chi connectivity index (χ4v) is 2.71. The lowest BCUT2D eigenvalue weighted by Crippen LogP contribution is -2.36. The molecule has 1 fully saturated rings. The summed E-state index contributed by atoms with van der Waals surface area (Å²) in [4.78, 5) is 0. The van der Waals surface area contributed by atoms with Gasteiger partial charge in [-0.15, -0.1) is 0 Å². The van der Waals surface area contributed by atoms with E-state index >= 15 is 0 Å². The third kappa shape index (κ3) is 3.78. The molecule has 72 valence electrons. The molecular weight excluding hydrogens is 170 g/mol. The summed E-state index contributed by atoms with van der Waals surface area (Å²) >= 11 is 2.04. The topological polar surface area (TPSA) is 32.3 Å². The number of nitrogens with one attached hydrogen (secondary N) is 1. The van der Waals surface area contributed by atoms with Crippen LogP contribution in [0.3, 0.4) is 0 Å². The Bertz CT molecular complexity index is 115. The predicted octanol–water partition coefficient (Wildman–Crippen LogP) is 1.24. The van der Waals surface area contributed by atoms with Gasteiger partial charge in [0.15, 0.2) is 0 Å². The second-order valence-corrected chi connectivity index (χ2v) is 4.64. The average Bonchev–Trinajstić information content (AvgIpc) is 2.53. The molecule has 0 radical (unpaired) electrons. The maximum absolute atomic E-state index is 8.64. The number of hydrogen-bond acceptors (Lipinski definition) is 3. The summed E-state index contributed by atoms with van der Waals surface area (Å²) in [5, 5.41) is 12.2. The van der Waals surface area contributed by atoms with Gasteiger partial charge in [-0.25, -0.2) is 0 Å². The van der Waals surface area contributed by atoms with Crippen molar-refractivity contribution in [2.45, 2.75) is 38.3 Å². The van der Waals surface area contributed by atoms with E-state index in [1.54, 1.807) is 0 Å². The van der Waals surface area contributed by atoms with Crippen LogP contribution in [0.4, 0.5) is 0 Å². The van der Waals surface area contributed by atoms with Crippen molar-refractivity contribution in [3.05, 3.63) is 0 Å². The van der Waals surface area contributed by atoms with Crippen LogP contribution >= 0.6 is 11.8 Å². The molecule has 1 saturated heterocycles. The first-order valence-corrected chi connectivity index (χ1v) is 5.93. The largest absolute Gasteiger partial charge is 0.396 e. The van der Waals surface area contributed by atoms with E-state index in [2.05, 4.69) is 12.2 Å². The van der Waals surface area contributed by atoms with Gasteiger partial charge in [-0.3, -0.25) is 0 Å². The molecule has 0 aliphatic carbocycles. The summed E-state index contributed by atoms with van der Waals surface area (Å²) in [5.41, 5.74) is 0. The number of hydrogen-bond donors (Lipinski definition) is 2. The summed E-state index contributed by atoms with van der Waals surface area (Å²) in [6.45, 7) is 2.53. The molecule has 2 N–H and O–H groups in total. The zero-order valence-electron chi connectivity index (χ0n) is 7.75. The Hall–Kier alpha value is 0.270. The highest BCUT2D eigenvalue weighted by Crippen LogP contribution is 2.17. The van der Waals surface area contributed by atoms with Crippen molar-refractivity contribution in [3.63, 3.8) is 0 Å². The molecule has 1 rings (SSSR count). The fraction of sp³-hybridized carbons (Fsp3) is 1.00. The standard InChI is InChI=1S/C9H19NOS/c1-8(3-2-5-11)10-9-4-6-12-7-9/h8-11H,2-7H2,1H3/t8-,9+/m0/s1. The zero-order valence-corrected chi connectivity index (χ0v) is 8.57. The number of rotatable bonds is 5. The molecule has 0 saturated carbocycles. The van der Waals surface area contributed by atoms with Crippen molar-refractivity contribution >= 4 is 11.8 Å². The van der Waals surface area contributed by atoms with Crippen LogP contribution in [0.25, 0.3) is 0 Å². The first kappa shape index (κ1) is 10.4. The SMILES string of the molecule is C[C@@H](CCCO)N[C@@H]1CCSC1. The Balaban J connectivity index is 2.03. The monoisotopic (exact) mass is 189 g/mol. The average molecular weight is 189 g/mol. The maximum atomic E-state index is 8.64. The first-order chi connectivity index (χ1) is 5.83. The Morgan fingerprint density at radius 2 is 2.50 bits per heavy atom. The minimum absolute atomic E-state index is 0.325. The molecule has 1 aliphatic rings. The maximum Gasteiger partial charge on any atom is 0.0431 e. The van der Waals surface area contributed by atoms with Gasteiger partial charge in [0, 0.05) is 24.4 Å². The molecule has 1 aliphatic heterocycles. The normalized spacial score (nSPS) is 26.0. The Kier molecular flexibility index (Phi) is 5.04. The molecule has 0 aromatic carbocycles. The van der Waals surface area contributed by atoms with Gasteiger partial charge in [0.2, 0.25) is 0 Å². The molecule has 0 unspecified atom stereocenters. The highest BCUT2D eigenvalue weighted by atomic mass is 32.2. The van der Waals surface area contributed by atoms with Crippen molar-refractivity contribution in [2.75, 3.05) is 18.1 Å². The highest BCUT2D eigenvalue weighted by Gasteiger charge is 2.16. The van der Waals surface area contributed by atoms with Gasteiger partial charge < -0.3 is 10.4 Å². The minimum Gasteiger partial charge on any atom is -0.396 e. The van der Waals surface area contributed by atoms with Gasteiger partial charge in [-0.1, -0.05) is 0 Å². The van der Waals surface area contributed by atoms with Crippen LogP contribution in [0.2, 0.25) is 0 Å². The highest BCUT2D eigenvalue weighted by molar-refractivity contribution is 7.99. The van der Waals surface area contributed by atoms with E-state index in [0.29, 0.717) is 12.6 Å². The van der Waals surface area contributed by atoms with E-state index < -0.39 is 0 Å². The smallest absolute Gasteiger partial charge is 0.0431 e. The second kappa shape index (κ2) is 5.84. The Morgan fingerprint density at radius 1 is 1.67 bits per heavy atom.